The summed E-state index contributed by atoms with van der Waals surface area (Å²) in [4.78, 5) is 0. The Hall–Kier alpha value is -2.48. The molecule has 1 aromatic carbocycles. The van der Waals surface area contributed by atoms with Gasteiger partial charge in [-0.05, 0) is 29.8 Å². The van der Waals surface area contributed by atoms with E-state index < -0.39 is 11.7 Å². The van der Waals surface area contributed by atoms with Crippen molar-refractivity contribution in [2.75, 3.05) is 0 Å². The molecule has 0 unspecified atom stereocenters. The first kappa shape index (κ1) is 18.6. The average molecular weight is 346 g/mol. The highest BCUT2D eigenvalue weighted by molar-refractivity contribution is 5.85. The van der Waals surface area contributed by atoms with E-state index in [4.69, 9.17) is 11.5 Å². The molecule has 23 heavy (non-hydrogen) atoms. The van der Waals surface area contributed by atoms with Crippen molar-refractivity contribution in [1.29, 1.82) is 0 Å². The summed E-state index contributed by atoms with van der Waals surface area (Å²) >= 11 is 0. The van der Waals surface area contributed by atoms with Crippen LogP contribution in [0.4, 0.5) is 13.2 Å². The van der Waals surface area contributed by atoms with Crippen molar-refractivity contribution in [3.63, 3.8) is 0 Å². The number of aromatic nitrogens is 1. The lowest BCUT2D eigenvalue weighted by Gasteiger charge is -2.09. The predicted molar refractivity (Wildman–Crippen MR) is 85.6 cm³/mol. The fourth-order valence-electron chi connectivity index (χ4n) is 1.84. The van der Waals surface area contributed by atoms with Gasteiger partial charge >= 0.3 is 6.18 Å². The number of benzene rings is 1. The van der Waals surface area contributed by atoms with E-state index in [2.05, 4.69) is 10.2 Å². The number of nitrogens with two attached hydrogens (primary N) is 2. The Labute approximate surface area is 136 Å². The number of alkyl halides is 3. The van der Waals surface area contributed by atoms with Gasteiger partial charge in [0.25, 0.3) is 0 Å². The van der Waals surface area contributed by atoms with Gasteiger partial charge in [-0.3, -0.25) is 0 Å². The normalized spacial score (nSPS) is 11.3. The van der Waals surface area contributed by atoms with Crippen molar-refractivity contribution in [3.8, 4) is 0 Å². The Morgan fingerprint density at radius 1 is 1.13 bits per heavy atom. The molecule has 2 aromatic rings. The predicted octanol–water partition coefficient (Wildman–Crippen LogP) is 2.58. The van der Waals surface area contributed by atoms with Crippen LogP contribution in [0.1, 0.15) is 16.8 Å². The van der Waals surface area contributed by atoms with Crippen molar-refractivity contribution < 1.29 is 13.2 Å². The minimum atomic E-state index is -4.33. The highest BCUT2D eigenvalue weighted by atomic mass is 35.5. The summed E-state index contributed by atoms with van der Waals surface area (Å²) in [5.41, 5.74) is 11.1. The third-order valence-electron chi connectivity index (χ3n) is 2.86. The molecule has 1 aromatic heterocycles. The van der Waals surface area contributed by atoms with Crippen LogP contribution in [0.2, 0.25) is 0 Å². The zero-order valence-electron chi connectivity index (χ0n) is 11.9. The van der Waals surface area contributed by atoms with Crippen molar-refractivity contribution in [3.05, 3.63) is 59.4 Å². The molecular weight excluding hydrogens is 331 g/mol. The van der Waals surface area contributed by atoms with Crippen LogP contribution in [0.15, 0.2) is 52.8 Å². The Kier molecular flexibility index (Phi) is 6.20. The second-order valence-electron chi connectivity index (χ2n) is 4.53. The maximum absolute atomic E-state index is 12.5. The largest absolute Gasteiger partial charge is 0.416 e. The lowest BCUT2D eigenvalue weighted by atomic mass is 10.1. The smallest absolute Gasteiger partial charge is 0.369 e. The van der Waals surface area contributed by atoms with E-state index in [0.29, 0.717) is 6.54 Å². The number of halogens is 4. The van der Waals surface area contributed by atoms with E-state index in [1.807, 2.05) is 4.57 Å². The minimum absolute atomic E-state index is 0. The van der Waals surface area contributed by atoms with E-state index in [1.54, 1.807) is 18.3 Å². The van der Waals surface area contributed by atoms with Crippen LogP contribution in [0, 0.1) is 0 Å². The molecule has 2 rings (SSSR count). The van der Waals surface area contributed by atoms with Crippen molar-refractivity contribution in [1.82, 2.24) is 4.57 Å². The summed E-state index contributed by atoms with van der Waals surface area (Å²) < 4.78 is 39.3. The Morgan fingerprint density at radius 3 is 2.35 bits per heavy atom. The van der Waals surface area contributed by atoms with E-state index in [9.17, 15) is 13.2 Å². The lowest BCUT2D eigenvalue weighted by Crippen LogP contribution is -2.21. The fourth-order valence-corrected chi connectivity index (χ4v) is 1.84. The Balaban J connectivity index is 0.00000264. The quantitative estimate of drug-likeness (QED) is 0.507. The van der Waals surface area contributed by atoms with E-state index in [-0.39, 0.29) is 18.4 Å². The van der Waals surface area contributed by atoms with E-state index >= 15 is 0 Å². The summed E-state index contributed by atoms with van der Waals surface area (Å²) in [6.45, 7) is 0.411. The number of hydrogen-bond acceptors (Lipinski definition) is 2. The van der Waals surface area contributed by atoms with Gasteiger partial charge in [0, 0.05) is 12.7 Å². The number of nitrogens with zero attached hydrogens (tertiary/aromatic N) is 3. The molecule has 0 spiro atoms. The second-order valence-corrected chi connectivity index (χ2v) is 4.53. The van der Waals surface area contributed by atoms with Gasteiger partial charge in [0.05, 0.1) is 17.5 Å². The third kappa shape index (κ3) is 5.33. The van der Waals surface area contributed by atoms with Gasteiger partial charge in [-0.1, -0.05) is 12.1 Å². The number of guanidine groups is 1. The first-order valence-corrected chi connectivity index (χ1v) is 6.29. The third-order valence-corrected chi connectivity index (χ3v) is 2.86. The van der Waals surface area contributed by atoms with Crippen molar-refractivity contribution >= 4 is 24.6 Å². The molecule has 1 heterocycles. The maximum Gasteiger partial charge on any atom is 0.416 e. The van der Waals surface area contributed by atoms with Gasteiger partial charge in [0.1, 0.15) is 0 Å². The number of hydrogen-bond donors (Lipinski definition) is 2. The van der Waals surface area contributed by atoms with Crippen LogP contribution < -0.4 is 11.5 Å². The SMILES string of the molecule is Cl.NC(N)=N/N=C/c1cccn1Cc1ccc(C(F)(F)F)cc1. The first-order valence-electron chi connectivity index (χ1n) is 6.29. The molecule has 0 atom stereocenters. The first-order chi connectivity index (χ1) is 10.4. The van der Waals surface area contributed by atoms with Gasteiger partial charge in [0.2, 0.25) is 5.96 Å². The van der Waals surface area contributed by atoms with Crippen LogP contribution in [0.25, 0.3) is 0 Å². The van der Waals surface area contributed by atoms with E-state index in [0.717, 1.165) is 23.4 Å². The molecule has 9 heteroatoms. The van der Waals surface area contributed by atoms with Crippen LogP contribution in [0.5, 0.6) is 0 Å². The molecule has 0 saturated carbocycles. The monoisotopic (exact) mass is 345 g/mol. The zero-order valence-corrected chi connectivity index (χ0v) is 12.7. The molecule has 124 valence electrons. The molecule has 5 nitrogen and oxygen atoms in total. The van der Waals surface area contributed by atoms with E-state index in [1.165, 1.54) is 18.3 Å². The number of rotatable bonds is 4. The molecule has 0 amide bonds. The van der Waals surface area contributed by atoms with Gasteiger partial charge in [-0.25, -0.2) is 0 Å². The highest BCUT2D eigenvalue weighted by Gasteiger charge is 2.29. The molecule has 0 saturated heterocycles. The molecule has 0 aliphatic heterocycles. The van der Waals surface area contributed by atoms with Crippen LogP contribution in [-0.4, -0.2) is 16.7 Å². The summed E-state index contributed by atoms with van der Waals surface area (Å²) in [6, 6.07) is 8.59. The van der Waals surface area contributed by atoms with Crippen molar-refractivity contribution in [2.45, 2.75) is 12.7 Å². The van der Waals surface area contributed by atoms with Crippen LogP contribution >= 0.6 is 12.4 Å². The molecule has 0 radical (unpaired) electrons. The Bertz CT molecular complexity index is 685. The minimum Gasteiger partial charge on any atom is -0.369 e. The van der Waals surface area contributed by atoms with Crippen LogP contribution in [0.3, 0.4) is 0 Å². The molecule has 0 bridgehead atoms. The fraction of sp³-hybridized carbons (Fsp3) is 0.143. The topological polar surface area (TPSA) is 81.7 Å². The molecule has 0 fully saturated rings. The molecule has 0 aliphatic rings. The average Bonchev–Trinajstić information content (AvgIpc) is 2.85. The van der Waals surface area contributed by atoms with Gasteiger partial charge in [-0.15, -0.1) is 17.5 Å². The molecule has 0 aliphatic carbocycles. The zero-order chi connectivity index (χ0) is 16.2. The molecule has 4 N–H and O–H groups in total. The summed E-state index contributed by atoms with van der Waals surface area (Å²) in [6.07, 6.45) is -1.08. The summed E-state index contributed by atoms with van der Waals surface area (Å²) in [7, 11) is 0. The second kappa shape index (κ2) is 7.68. The summed E-state index contributed by atoms with van der Waals surface area (Å²) in [5.74, 6) is -0.155. The standard InChI is InChI=1S/C14H14F3N5.ClH/c15-14(16,17)11-5-3-10(4-6-11)9-22-7-1-2-12(22)8-20-21-13(18)19;/h1-8H,9H2,(H4,18,19,21);1H/b20-8+;. The lowest BCUT2D eigenvalue weighted by molar-refractivity contribution is -0.137. The van der Waals surface area contributed by atoms with Gasteiger partial charge in [0.15, 0.2) is 0 Å². The van der Waals surface area contributed by atoms with Crippen LogP contribution in [-0.2, 0) is 12.7 Å². The summed E-state index contributed by atoms with van der Waals surface area (Å²) in [5, 5.41) is 7.19. The highest BCUT2D eigenvalue weighted by Crippen LogP contribution is 2.29. The Morgan fingerprint density at radius 2 is 1.78 bits per heavy atom. The maximum atomic E-state index is 12.5. The van der Waals surface area contributed by atoms with Crippen molar-refractivity contribution in [2.24, 2.45) is 21.7 Å². The molecular formula is C14H15ClF3N5. The van der Waals surface area contributed by atoms with Gasteiger partial charge < -0.3 is 16.0 Å². The van der Waals surface area contributed by atoms with Gasteiger partial charge in [-0.2, -0.15) is 18.3 Å².